The Morgan fingerprint density at radius 3 is 2.47 bits per heavy atom. The van der Waals surface area contributed by atoms with Crippen molar-refractivity contribution in [1.82, 2.24) is 5.32 Å². The number of amides is 1. The highest BCUT2D eigenvalue weighted by Crippen LogP contribution is 2.33. The topological polar surface area (TPSA) is 99.1 Å². The van der Waals surface area contributed by atoms with Crippen LogP contribution in [0.4, 0.5) is 5.69 Å². The molecule has 0 aliphatic carbocycles. The Kier molecular flexibility index (Phi) is 8.56. The maximum atomic E-state index is 13.1. The number of nitrogens with one attached hydrogen (secondary N) is 1. The molecule has 7 nitrogen and oxygen atoms in total. The summed E-state index contributed by atoms with van der Waals surface area (Å²) in [6.45, 7) is 7.57. The number of anilines is 1. The maximum absolute atomic E-state index is 13.1. The maximum Gasteiger partial charge on any atom is 0.339 e. The number of carboxylic acids is 1. The molecule has 0 aromatic heterocycles. The molecule has 0 saturated carbocycles. The number of carbonyl (C=O) groups is 2. The highest BCUT2D eigenvalue weighted by molar-refractivity contribution is 5.91. The van der Waals surface area contributed by atoms with E-state index >= 15 is 0 Å². The average molecular weight is 469 g/mol. The van der Waals surface area contributed by atoms with Gasteiger partial charge in [-0.05, 0) is 69.4 Å². The van der Waals surface area contributed by atoms with Gasteiger partial charge in [-0.1, -0.05) is 24.3 Å². The first-order chi connectivity index (χ1) is 16.2. The van der Waals surface area contributed by atoms with E-state index in [2.05, 4.69) is 16.3 Å². The van der Waals surface area contributed by atoms with Gasteiger partial charge >= 0.3 is 5.97 Å². The van der Waals surface area contributed by atoms with Gasteiger partial charge in [0.25, 0.3) is 0 Å². The summed E-state index contributed by atoms with van der Waals surface area (Å²) in [5, 5.41) is 23.1. The Morgan fingerprint density at radius 1 is 1.12 bits per heavy atom. The molecule has 1 fully saturated rings. The predicted molar refractivity (Wildman–Crippen MR) is 133 cm³/mol. The van der Waals surface area contributed by atoms with Crippen molar-refractivity contribution in [3.8, 4) is 5.75 Å². The van der Waals surface area contributed by atoms with Crippen LogP contribution in [0.25, 0.3) is 0 Å². The van der Waals surface area contributed by atoms with Gasteiger partial charge in [-0.3, -0.25) is 4.79 Å². The first kappa shape index (κ1) is 25.6. The molecule has 1 aliphatic rings. The van der Waals surface area contributed by atoms with Gasteiger partial charge in [-0.25, -0.2) is 4.79 Å². The van der Waals surface area contributed by atoms with Gasteiger partial charge in [0.1, 0.15) is 11.3 Å². The number of para-hydroxylation sites is 1. The summed E-state index contributed by atoms with van der Waals surface area (Å²) in [6.07, 6.45) is 3.96. The Balaban J connectivity index is 1.83. The number of piperidine rings is 1. The number of carbonyl (C=O) groups excluding carboxylic acids is 1. The molecule has 1 saturated heterocycles. The standard InChI is InChI=1S/C27H36N2O5/c1-4-34-24-16-19(12-13-21(24)26(31)32)17-25(30)28-22(18-27(2,3)33)20-10-6-7-11-23(20)29-14-8-5-9-15-29/h6-7,10-13,16,22,33H,4-5,8-9,14-15,17-18H2,1-3H3,(H,28,30)(H,31,32)/t22-/m0/s1. The van der Waals surface area contributed by atoms with Crippen molar-refractivity contribution in [2.24, 2.45) is 0 Å². The Morgan fingerprint density at radius 2 is 1.82 bits per heavy atom. The highest BCUT2D eigenvalue weighted by atomic mass is 16.5. The lowest BCUT2D eigenvalue weighted by atomic mass is 9.91. The van der Waals surface area contributed by atoms with Gasteiger partial charge in [-0.15, -0.1) is 0 Å². The van der Waals surface area contributed by atoms with E-state index in [0.29, 0.717) is 18.6 Å². The quantitative estimate of drug-likeness (QED) is 0.480. The summed E-state index contributed by atoms with van der Waals surface area (Å²) < 4.78 is 5.47. The second-order valence-electron chi connectivity index (χ2n) is 9.49. The normalized spacial score (nSPS) is 15.0. The molecule has 1 aliphatic heterocycles. The number of nitrogens with zero attached hydrogens (tertiary/aromatic N) is 1. The number of benzene rings is 2. The zero-order valence-electron chi connectivity index (χ0n) is 20.3. The molecular formula is C27H36N2O5. The van der Waals surface area contributed by atoms with Crippen LogP contribution < -0.4 is 15.0 Å². The van der Waals surface area contributed by atoms with Gasteiger partial charge in [0, 0.05) is 25.2 Å². The van der Waals surface area contributed by atoms with Crippen LogP contribution in [0.1, 0.15) is 74.0 Å². The van der Waals surface area contributed by atoms with Gasteiger partial charge in [0.05, 0.1) is 24.7 Å². The first-order valence-corrected chi connectivity index (χ1v) is 12.0. The molecule has 3 rings (SSSR count). The zero-order valence-corrected chi connectivity index (χ0v) is 20.3. The fourth-order valence-corrected chi connectivity index (χ4v) is 4.50. The van der Waals surface area contributed by atoms with Crippen molar-refractivity contribution >= 4 is 17.6 Å². The Bertz CT molecular complexity index is 993. The van der Waals surface area contributed by atoms with Crippen molar-refractivity contribution < 1.29 is 24.5 Å². The summed E-state index contributed by atoms with van der Waals surface area (Å²) in [7, 11) is 0. The summed E-state index contributed by atoms with van der Waals surface area (Å²) >= 11 is 0. The van der Waals surface area contributed by atoms with E-state index in [9.17, 15) is 19.8 Å². The van der Waals surface area contributed by atoms with E-state index in [1.165, 1.54) is 12.5 Å². The lowest BCUT2D eigenvalue weighted by molar-refractivity contribution is -0.121. The molecule has 1 heterocycles. The van der Waals surface area contributed by atoms with Crippen LogP contribution in [-0.2, 0) is 11.2 Å². The molecule has 0 radical (unpaired) electrons. The lowest BCUT2D eigenvalue weighted by Crippen LogP contribution is -2.37. The Hall–Kier alpha value is -3.06. The smallest absolute Gasteiger partial charge is 0.339 e. The van der Waals surface area contributed by atoms with Crippen molar-refractivity contribution in [2.75, 3.05) is 24.6 Å². The molecule has 34 heavy (non-hydrogen) atoms. The van der Waals surface area contributed by atoms with Gasteiger partial charge in [0.2, 0.25) is 5.91 Å². The van der Waals surface area contributed by atoms with Crippen LogP contribution in [0, 0.1) is 0 Å². The second kappa shape index (κ2) is 11.4. The number of aromatic carboxylic acids is 1. The predicted octanol–water partition coefficient (Wildman–Crippen LogP) is 4.33. The van der Waals surface area contributed by atoms with Gasteiger partial charge in [0.15, 0.2) is 0 Å². The van der Waals surface area contributed by atoms with Crippen LogP contribution in [-0.4, -0.2) is 47.4 Å². The molecule has 0 bridgehead atoms. The minimum absolute atomic E-state index is 0.0707. The monoisotopic (exact) mass is 468 g/mol. The van der Waals surface area contributed by atoms with Gasteiger partial charge < -0.3 is 25.2 Å². The number of aliphatic hydroxyl groups is 1. The molecule has 2 aromatic rings. The minimum atomic E-state index is -1.07. The number of carboxylic acid groups (broad SMARTS) is 1. The summed E-state index contributed by atoms with van der Waals surface area (Å²) in [6, 6.07) is 12.4. The van der Waals surface area contributed by atoms with Crippen LogP contribution >= 0.6 is 0 Å². The fourth-order valence-electron chi connectivity index (χ4n) is 4.50. The molecular weight excluding hydrogens is 432 g/mol. The third-order valence-corrected chi connectivity index (χ3v) is 5.99. The van der Waals surface area contributed by atoms with E-state index in [4.69, 9.17) is 4.74 Å². The second-order valence-corrected chi connectivity index (χ2v) is 9.49. The summed E-state index contributed by atoms with van der Waals surface area (Å²) in [5.41, 5.74) is 1.86. The van der Waals surface area contributed by atoms with Crippen LogP contribution in [0.3, 0.4) is 0 Å². The van der Waals surface area contributed by atoms with E-state index in [1.807, 2.05) is 18.2 Å². The minimum Gasteiger partial charge on any atom is -0.493 e. The molecule has 1 amide bonds. The van der Waals surface area contributed by atoms with Crippen LogP contribution in [0.2, 0.25) is 0 Å². The molecule has 1 atom stereocenters. The molecule has 0 unspecified atom stereocenters. The molecule has 3 N–H and O–H groups in total. The molecule has 7 heteroatoms. The molecule has 2 aromatic carbocycles. The van der Waals surface area contributed by atoms with Crippen molar-refractivity contribution in [3.05, 3.63) is 59.2 Å². The van der Waals surface area contributed by atoms with Crippen molar-refractivity contribution in [2.45, 2.75) is 64.5 Å². The largest absolute Gasteiger partial charge is 0.493 e. The zero-order chi connectivity index (χ0) is 24.7. The van der Waals surface area contributed by atoms with E-state index < -0.39 is 11.6 Å². The number of hydrogen-bond donors (Lipinski definition) is 3. The first-order valence-electron chi connectivity index (χ1n) is 12.0. The van der Waals surface area contributed by atoms with Crippen molar-refractivity contribution in [3.63, 3.8) is 0 Å². The lowest BCUT2D eigenvalue weighted by Gasteiger charge is -2.34. The van der Waals surface area contributed by atoms with Crippen LogP contribution in [0.15, 0.2) is 42.5 Å². The van der Waals surface area contributed by atoms with Gasteiger partial charge in [-0.2, -0.15) is 0 Å². The van der Waals surface area contributed by atoms with E-state index in [0.717, 1.165) is 37.2 Å². The number of hydrogen-bond acceptors (Lipinski definition) is 5. The molecule has 0 spiro atoms. The SMILES string of the molecule is CCOc1cc(CC(=O)N[C@@H](CC(C)(C)O)c2ccccc2N2CCCCC2)ccc1C(=O)O. The summed E-state index contributed by atoms with van der Waals surface area (Å²) in [5.74, 6) is -1.02. The summed E-state index contributed by atoms with van der Waals surface area (Å²) in [4.78, 5) is 26.9. The Labute approximate surface area is 201 Å². The number of rotatable bonds is 10. The van der Waals surface area contributed by atoms with E-state index in [-0.39, 0.29) is 29.7 Å². The number of ether oxygens (including phenoxy) is 1. The van der Waals surface area contributed by atoms with E-state index in [1.54, 1.807) is 32.9 Å². The fraction of sp³-hybridized carbons (Fsp3) is 0.481. The molecule has 184 valence electrons. The highest BCUT2D eigenvalue weighted by Gasteiger charge is 2.27. The third kappa shape index (κ3) is 6.97. The third-order valence-electron chi connectivity index (χ3n) is 5.99. The van der Waals surface area contributed by atoms with Crippen LogP contribution in [0.5, 0.6) is 5.75 Å². The van der Waals surface area contributed by atoms with Crippen molar-refractivity contribution in [1.29, 1.82) is 0 Å². The average Bonchev–Trinajstić information content (AvgIpc) is 2.78.